The van der Waals surface area contributed by atoms with Crippen LogP contribution < -0.4 is 0 Å². The second-order valence-corrected chi connectivity index (χ2v) is 9.73. The Kier molecular flexibility index (Phi) is 9.96. The van der Waals surface area contributed by atoms with E-state index in [2.05, 4.69) is 26.0 Å². The predicted molar refractivity (Wildman–Crippen MR) is 133 cm³/mol. The Morgan fingerprint density at radius 2 is 1.41 bits per heavy atom. The summed E-state index contributed by atoms with van der Waals surface area (Å²) >= 11 is 0. The lowest BCUT2D eigenvalue weighted by Crippen LogP contribution is -2.13. The minimum Gasteiger partial charge on any atom is -0.207 e. The largest absolute Gasteiger partial charge is 0.207 e. The van der Waals surface area contributed by atoms with Crippen LogP contribution in [-0.4, -0.2) is 0 Å². The molecule has 1 fully saturated rings. The molecule has 2 aliphatic rings. The first-order valence-electron chi connectivity index (χ1n) is 12.8. The zero-order chi connectivity index (χ0) is 22.8. The van der Waals surface area contributed by atoms with Crippen molar-refractivity contribution in [3.8, 4) is 0 Å². The van der Waals surface area contributed by atoms with E-state index in [1.165, 1.54) is 87.5 Å². The third-order valence-electron chi connectivity index (χ3n) is 7.28. The first kappa shape index (κ1) is 24.7. The Balaban J connectivity index is 0.000000181. The van der Waals surface area contributed by atoms with Gasteiger partial charge < -0.3 is 0 Å². The smallest absolute Gasteiger partial charge is 0.123 e. The third kappa shape index (κ3) is 7.57. The molecule has 174 valence electrons. The molecule has 32 heavy (non-hydrogen) atoms. The van der Waals surface area contributed by atoms with E-state index in [0.717, 1.165) is 23.8 Å². The zero-order valence-corrected chi connectivity index (χ0v) is 20.0. The number of hydrogen-bond donors (Lipinski definition) is 0. The van der Waals surface area contributed by atoms with Crippen molar-refractivity contribution in [1.29, 1.82) is 0 Å². The Hall–Kier alpha value is -1.96. The van der Waals surface area contributed by atoms with Crippen molar-refractivity contribution in [2.24, 2.45) is 11.8 Å². The zero-order valence-electron chi connectivity index (χ0n) is 20.0. The summed E-state index contributed by atoms with van der Waals surface area (Å²) in [5, 5.41) is 0. The van der Waals surface area contributed by atoms with E-state index >= 15 is 0 Å². The van der Waals surface area contributed by atoms with Gasteiger partial charge in [-0.1, -0.05) is 69.9 Å². The molecule has 2 aromatic carbocycles. The molecule has 2 aromatic rings. The summed E-state index contributed by atoms with van der Waals surface area (Å²) in [6, 6.07) is 14.1. The number of hydrogen-bond acceptors (Lipinski definition) is 0. The van der Waals surface area contributed by atoms with Crippen molar-refractivity contribution in [3.05, 3.63) is 77.4 Å². The van der Waals surface area contributed by atoms with Gasteiger partial charge in [-0.2, -0.15) is 0 Å². The SMILES string of the molecule is CCCC1CC=C(c2cccc(F)c2)CC1.CCCC1CCC(c2cccc(F)c2)CC1. The van der Waals surface area contributed by atoms with Crippen LogP contribution in [0.5, 0.6) is 0 Å². The van der Waals surface area contributed by atoms with Gasteiger partial charge in [0, 0.05) is 0 Å². The first-order chi connectivity index (χ1) is 15.6. The lowest BCUT2D eigenvalue weighted by molar-refractivity contribution is 0.308. The highest BCUT2D eigenvalue weighted by Crippen LogP contribution is 2.37. The Morgan fingerprint density at radius 3 is 2.00 bits per heavy atom. The number of rotatable bonds is 6. The van der Waals surface area contributed by atoms with E-state index in [9.17, 15) is 8.78 Å². The van der Waals surface area contributed by atoms with Gasteiger partial charge in [-0.25, -0.2) is 8.78 Å². The minimum atomic E-state index is -0.130. The molecule has 1 unspecified atom stereocenters. The van der Waals surface area contributed by atoms with Crippen LogP contribution in [0.3, 0.4) is 0 Å². The van der Waals surface area contributed by atoms with Gasteiger partial charge >= 0.3 is 0 Å². The predicted octanol–water partition coefficient (Wildman–Crippen LogP) is 9.71. The molecule has 1 atom stereocenters. The molecule has 0 saturated heterocycles. The fourth-order valence-corrected chi connectivity index (χ4v) is 5.46. The van der Waals surface area contributed by atoms with E-state index in [1.54, 1.807) is 18.2 Å². The van der Waals surface area contributed by atoms with Gasteiger partial charge in [0.2, 0.25) is 0 Å². The van der Waals surface area contributed by atoms with Crippen molar-refractivity contribution >= 4 is 5.57 Å². The molecule has 0 heterocycles. The second-order valence-electron chi connectivity index (χ2n) is 9.73. The van der Waals surface area contributed by atoms with Gasteiger partial charge in [-0.3, -0.25) is 0 Å². The maximum Gasteiger partial charge on any atom is 0.123 e. The van der Waals surface area contributed by atoms with E-state index in [-0.39, 0.29) is 11.6 Å². The molecule has 2 aliphatic carbocycles. The summed E-state index contributed by atoms with van der Waals surface area (Å²) in [5.41, 5.74) is 3.59. The molecule has 0 radical (unpaired) electrons. The number of allylic oxidation sites excluding steroid dienone is 2. The Morgan fingerprint density at radius 1 is 0.750 bits per heavy atom. The summed E-state index contributed by atoms with van der Waals surface area (Å²) in [6.07, 6.45) is 16.3. The summed E-state index contributed by atoms with van der Waals surface area (Å²) in [6.45, 7) is 4.50. The lowest BCUT2D eigenvalue weighted by atomic mass is 9.77. The Labute approximate surface area is 194 Å². The van der Waals surface area contributed by atoms with Crippen molar-refractivity contribution in [3.63, 3.8) is 0 Å². The highest BCUT2D eigenvalue weighted by atomic mass is 19.1. The monoisotopic (exact) mass is 438 g/mol. The molecule has 0 aliphatic heterocycles. The van der Waals surface area contributed by atoms with Gasteiger partial charge in [0.05, 0.1) is 0 Å². The van der Waals surface area contributed by atoms with E-state index in [1.807, 2.05) is 12.1 Å². The second kappa shape index (κ2) is 12.9. The first-order valence-corrected chi connectivity index (χ1v) is 12.8. The highest BCUT2D eigenvalue weighted by molar-refractivity contribution is 5.66. The maximum absolute atomic E-state index is 13.1. The van der Waals surface area contributed by atoms with Crippen molar-refractivity contribution < 1.29 is 8.78 Å². The quantitative estimate of drug-likeness (QED) is 0.421. The van der Waals surface area contributed by atoms with Crippen LogP contribution in [0.2, 0.25) is 0 Å². The molecule has 0 amide bonds. The highest BCUT2D eigenvalue weighted by Gasteiger charge is 2.21. The van der Waals surface area contributed by atoms with Crippen LogP contribution in [0, 0.1) is 23.5 Å². The van der Waals surface area contributed by atoms with Crippen LogP contribution in [0.4, 0.5) is 8.78 Å². The molecule has 0 aromatic heterocycles. The molecule has 4 rings (SSSR count). The fourth-order valence-electron chi connectivity index (χ4n) is 5.46. The van der Waals surface area contributed by atoms with Gasteiger partial charge in [0.1, 0.15) is 11.6 Å². The molecule has 0 N–H and O–H groups in total. The van der Waals surface area contributed by atoms with Crippen molar-refractivity contribution in [2.45, 2.75) is 90.4 Å². The minimum absolute atomic E-state index is 0.0896. The molecular formula is C30H40F2. The molecular weight excluding hydrogens is 398 g/mol. The average molecular weight is 439 g/mol. The average Bonchev–Trinajstić information content (AvgIpc) is 2.81. The Bertz CT molecular complexity index is 845. The molecule has 0 nitrogen and oxygen atoms in total. The topological polar surface area (TPSA) is 0 Å². The normalized spacial score (nSPS) is 23.1. The number of benzene rings is 2. The molecule has 0 bridgehead atoms. The summed E-state index contributed by atoms with van der Waals surface area (Å²) < 4.78 is 26.2. The third-order valence-corrected chi connectivity index (χ3v) is 7.28. The van der Waals surface area contributed by atoms with Crippen LogP contribution >= 0.6 is 0 Å². The van der Waals surface area contributed by atoms with Crippen LogP contribution in [0.15, 0.2) is 54.6 Å². The molecule has 0 spiro atoms. The summed E-state index contributed by atoms with van der Waals surface area (Å²) in [7, 11) is 0. The van der Waals surface area contributed by atoms with E-state index < -0.39 is 0 Å². The van der Waals surface area contributed by atoms with Crippen LogP contribution in [0.25, 0.3) is 5.57 Å². The van der Waals surface area contributed by atoms with Gasteiger partial charge in [-0.05, 0) is 104 Å². The maximum atomic E-state index is 13.1. The van der Waals surface area contributed by atoms with Crippen LogP contribution in [-0.2, 0) is 0 Å². The van der Waals surface area contributed by atoms with Gasteiger partial charge in [0.25, 0.3) is 0 Å². The summed E-state index contributed by atoms with van der Waals surface area (Å²) in [4.78, 5) is 0. The lowest BCUT2D eigenvalue weighted by Gasteiger charge is -2.28. The van der Waals surface area contributed by atoms with Gasteiger partial charge in [-0.15, -0.1) is 0 Å². The standard InChI is InChI=1S/C15H21F.C15H19F/c2*1-2-4-12-7-9-13(10-8-12)14-5-3-6-15(16)11-14/h3,5-6,11-13H,2,4,7-10H2,1H3;3,5-6,9,11-12H,2,4,7-8,10H2,1H3. The molecule has 2 heteroatoms. The van der Waals surface area contributed by atoms with Crippen LogP contribution in [0.1, 0.15) is 102 Å². The van der Waals surface area contributed by atoms with Crippen molar-refractivity contribution in [2.75, 3.05) is 0 Å². The van der Waals surface area contributed by atoms with E-state index in [0.29, 0.717) is 5.92 Å². The van der Waals surface area contributed by atoms with E-state index in [4.69, 9.17) is 0 Å². The summed E-state index contributed by atoms with van der Waals surface area (Å²) in [5.74, 6) is 2.16. The number of halogens is 2. The van der Waals surface area contributed by atoms with Gasteiger partial charge in [0.15, 0.2) is 0 Å². The fraction of sp³-hybridized carbons (Fsp3) is 0.533. The van der Waals surface area contributed by atoms with Crippen molar-refractivity contribution in [1.82, 2.24) is 0 Å². The molecule has 1 saturated carbocycles.